The summed E-state index contributed by atoms with van der Waals surface area (Å²) in [5.41, 5.74) is -1.18. The lowest BCUT2D eigenvalue weighted by atomic mass is 10.2. The van der Waals surface area contributed by atoms with Gasteiger partial charge in [-0.05, 0) is 27.7 Å². The summed E-state index contributed by atoms with van der Waals surface area (Å²) in [5.74, 6) is 0. The summed E-state index contributed by atoms with van der Waals surface area (Å²) < 4.78 is 26.5. The minimum absolute atomic E-state index is 0.207. The lowest BCUT2D eigenvalue weighted by Crippen LogP contribution is -2.21. The van der Waals surface area contributed by atoms with E-state index in [0.29, 0.717) is 0 Å². The average molecular weight is 221 g/mol. The molecule has 0 heterocycles. The third-order valence-corrected chi connectivity index (χ3v) is 3.01. The van der Waals surface area contributed by atoms with Gasteiger partial charge in [-0.2, -0.15) is 5.26 Å². The lowest BCUT2D eigenvalue weighted by molar-refractivity contribution is 0.0669. The summed E-state index contributed by atoms with van der Waals surface area (Å²) in [6.45, 7) is 6.76. The number of nitrogens with zero attached hydrogens (tertiary/aromatic N) is 1. The SMILES string of the molecule is CCOP(=O)(OCC)OC(C)(C)C#N. The van der Waals surface area contributed by atoms with Gasteiger partial charge < -0.3 is 0 Å². The molecule has 14 heavy (non-hydrogen) atoms. The maximum Gasteiger partial charge on any atom is 0.476 e. The molecule has 0 saturated carbocycles. The van der Waals surface area contributed by atoms with Crippen molar-refractivity contribution in [1.29, 1.82) is 5.26 Å². The van der Waals surface area contributed by atoms with Crippen LogP contribution in [0.2, 0.25) is 0 Å². The van der Waals surface area contributed by atoms with Gasteiger partial charge in [0, 0.05) is 0 Å². The van der Waals surface area contributed by atoms with Crippen LogP contribution in [0.5, 0.6) is 0 Å². The molecule has 0 radical (unpaired) electrons. The molecule has 0 aromatic rings. The van der Waals surface area contributed by atoms with Crippen molar-refractivity contribution < 1.29 is 18.1 Å². The topological polar surface area (TPSA) is 68.6 Å². The van der Waals surface area contributed by atoms with Crippen molar-refractivity contribution in [3.63, 3.8) is 0 Å². The maximum atomic E-state index is 11.8. The first-order chi connectivity index (χ1) is 6.39. The van der Waals surface area contributed by atoms with E-state index < -0.39 is 13.4 Å². The molecule has 0 bridgehead atoms. The molecule has 0 aliphatic rings. The molecule has 6 heteroatoms. The summed E-state index contributed by atoms with van der Waals surface area (Å²) in [6.07, 6.45) is 0. The smallest absolute Gasteiger partial charge is 0.287 e. The van der Waals surface area contributed by atoms with E-state index in [1.54, 1.807) is 13.8 Å². The van der Waals surface area contributed by atoms with Crippen molar-refractivity contribution >= 4 is 7.82 Å². The summed E-state index contributed by atoms with van der Waals surface area (Å²) in [7, 11) is -3.58. The Morgan fingerprint density at radius 1 is 1.29 bits per heavy atom. The molecule has 5 nitrogen and oxygen atoms in total. The number of rotatable bonds is 6. The molecule has 0 N–H and O–H groups in total. The Bertz CT molecular complexity index is 249. The van der Waals surface area contributed by atoms with Crippen LogP contribution in [0.1, 0.15) is 27.7 Å². The molecule has 0 aliphatic carbocycles. The number of nitriles is 1. The average Bonchev–Trinajstić information content (AvgIpc) is 2.03. The van der Waals surface area contributed by atoms with E-state index in [-0.39, 0.29) is 13.2 Å². The van der Waals surface area contributed by atoms with Crippen LogP contribution in [0.15, 0.2) is 0 Å². The fraction of sp³-hybridized carbons (Fsp3) is 0.875. The number of phosphoric ester groups is 1. The fourth-order valence-electron chi connectivity index (χ4n) is 0.706. The maximum absolute atomic E-state index is 11.8. The predicted molar refractivity (Wildman–Crippen MR) is 51.6 cm³/mol. The first-order valence-corrected chi connectivity index (χ1v) is 5.86. The highest BCUT2D eigenvalue weighted by Gasteiger charge is 2.34. The molecule has 0 saturated heterocycles. The quantitative estimate of drug-likeness (QED) is 0.644. The molecule has 0 unspecified atom stereocenters. The highest BCUT2D eigenvalue weighted by Crippen LogP contribution is 2.52. The molecule has 0 fully saturated rings. The molecule has 0 spiro atoms. The van der Waals surface area contributed by atoms with Crippen LogP contribution >= 0.6 is 7.82 Å². The monoisotopic (exact) mass is 221 g/mol. The van der Waals surface area contributed by atoms with Gasteiger partial charge in [-0.1, -0.05) is 0 Å². The largest absolute Gasteiger partial charge is 0.476 e. The Labute approximate surface area is 84.6 Å². The molecule has 0 rings (SSSR count). The van der Waals surface area contributed by atoms with Gasteiger partial charge in [0.1, 0.15) is 0 Å². The Balaban J connectivity index is 4.54. The minimum Gasteiger partial charge on any atom is -0.287 e. The van der Waals surface area contributed by atoms with E-state index in [1.165, 1.54) is 13.8 Å². The molecular weight excluding hydrogens is 205 g/mol. The number of phosphoric acid groups is 1. The third kappa shape index (κ3) is 4.73. The first-order valence-electron chi connectivity index (χ1n) is 4.40. The zero-order valence-corrected chi connectivity index (χ0v) is 9.84. The third-order valence-electron chi connectivity index (χ3n) is 1.18. The second-order valence-corrected chi connectivity index (χ2v) is 4.59. The Morgan fingerprint density at radius 2 is 1.71 bits per heavy atom. The van der Waals surface area contributed by atoms with Gasteiger partial charge >= 0.3 is 7.82 Å². The molecule has 82 valence electrons. The highest BCUT2D eigenvalue weighted by atomic mass is 31.2. The molecule has 0 aromatic heterocycles. The number of hydrogen-bond acceptors (Lipinski definition) is 5. The van der Waals surface area contributed by atoms with Crippen LogP contribution < -0.4 is 0 Å². The molecule has 0 aliphatic heterocycles. The lowest BCUT2D eigenvalue weighted by Gasteiger charge is -2.23. The van der Waals surface area contributed by atoms with Gasteiger partial charge in [-0.15, -0.1) is 0 Å². The van der Waals surface area contributed by atoms with Gasteiger partial charge in [-0.3, -0.25) is 13.6 Å². The van der Waals surface area contributed by atoms with Gasteiger partial charge in [0.05, 0.1) is 19.3 Å². The van der Waals surface area contributed by atoms with Gasteiger partial charge in [0.25, 0.3) is 0 Å². The summed E-state index contributed by atoms with van der Waals surface area (Å²) >= 11 is 0. The second kappa shape index (κ2) is 5.47. The Morgan fingerprint density at radius 3 is 2.00 bits per heavy atom. The van der Waals surface area contributed by atoms with Crippen LogP contribution in [-0.2, 0) is 18.1 Å². The predicted octanol–water partition coefficient (Wildman–Crippen LogP) is 2.49. The molecule has 0 atom stereocenters. The molecular formula is C8H16NO4P. The zero-order chi connectivity index (χ0) is 11.2. The fourth-order valence-corrected chi connectivity index (χ4v) is 2.12. The van der Waals surface area contributed by atoms with Crippen LogP contribution in [0.25, 0.3) is 0 Å². The van der Waals surface area contributed by atoms with Gasteiger partial charge in [-0.25, -0.2) is 4.57 Å². The van der Waals surface area contributed by atoms with Crippen molar-refractivity contribution in [2.75, 3.05) is 13.2 Å². The van der Waals surface area contributed by atoms with Crippen molar-refractivity contribution in [1.82, 2.24) is 0 Å². The van der Waals surface area contributed by atoms with Crippen molar-refractivity contribution in [2.24, 2.45) is 0 Å². The summed E-state index contributed by atoms with van der Waals surface area (Å²) in [4.78, 5) is 0. The zero-order valence-electron chi connectivity index (χ0n) is 8.94. The van der Waals surface area contributed by atoms with E-state index >= 15 is 0 Å². The van der Waals surface area contributed by atoms with E-state index in [2.05, 4.69) is 0 Å². The van der Waals surface area contributed by atoms with E-state index in [1.807, 2.05) is 6.07 Å². The molecule has 0 amide bonds. The second-order valence-electron chi connectivity index (χ2n) is 3.00. The molecule has 0 aromatic carbocycles. The van der Waals surface area contributed by atoms with E-state index in [4.69, 9.17) is 18.8 Å². The van der Waals surface area contributed by atoms with Gasteiger partial charge in [0.15, 0.2) is 5.60 Å². The van der Waals surface area contributed by atoms with E-state index in [9.17, 15) is 4.57 Å². The summed E-state index contributed by atoms with van der Waals surface area (Å²) in [6, 6.07) is 1.86. The summed E-state index contributed by atoms with van der Waals surface area (Å²) in [5, 5.41) is 8.69. The highest BCUT2D eigenvalue weighted by molar-refractivity contribution is 7.48. The Hall–Kier alpha value is -0.400. The van der Waals surface area contributed by atoms with Crippen molar-refractivity contribution in [3.05, 3.63) is 0 Å². The first kappa shape index (κ1) is 13.6. The van der Waals surface area contributed by atoms with Crippen LogP contribution in [-0.4, -0.2) is 18.8 Å². The van der Waals surface area contributed by atoms with Gasteiger partial charge in [0.2, 0.25) is 0 Å². The Kier molecular flexibility index (Phi) is 5.32. The van der Waals surface area contributed by atoms with Crippen molar-refractivity contribution in [2.45, 2.75) is 33.3 Å². The van der Waals surface area contributed by atoms with Crippen LogP contribution in [0.4, 0.5) is 0 Å². The van der Waals surface area contributed by atoms with Crippen molar-refractivity contribution in [3.8, 4) is 6.07 Å². The number of hydrogen-bond donors (Lipinski definition) is 0. The van der Waals surface area contributed by atoms with Crippen LogP contribution in [0.3, 0.4) is 0 Å². The van der Waals surface area contributed by atoms with E-state index in [0.717, 1.165) is 0 Å². The standard InChI is InChI=1S/C8H16NO4P/c1-5-11-14(10,12-6-2)13-8(3,4)7-9/h5-6H2,1-4H3. The normalized spacial score (nSPS) is 12.5. The van der Waals surface area contributed by atoms with Crippen LogP contribution in [0, 0.1) is 11.3 Å². The minimum atomic E-state index is -3.58.